The number of amides is 1. The molecule has 1 saturated carbocycles. The number of hydrogen-bond donors (Lipinski definition) is 2. The van der Waals surface area contributed by atoms with E-state index in [1.165, 1.54) is 12.6 Å². The number of nitrogens with zero attached hydrogens (tertiary/aromatic N) is 2. The van der Waals surface area contributed by atoms with Gasteiger partial charge in [0.1, 0.15) is 17.5 Å². The van der Waals surface area contributed by atoms with Gasteiger partial charge in [0.2, 0.25) is 0 Å². The fourth-order valence-corrected chi connectivity index (χ4v) is 2.50. The lowest BCUT2D eigenvalue weighted by Gasteiger charge is -2.22. The third-order valence-corrected chi connectivity index (χ3v) is 3.87. The fourth-order valence-electron chi connectivity index (χ4n) is 2.27. The van der Waals surface area contributed by atoms with Crippen molar-refractivity contribution >= 4 is 27.7 Å². The Morgan fingerprint density at radius 1 is 1.38 bits per heavy atom. The largest absolute Gasteiger partial charge is 0.349 e. The molecule has 6 heteroatoms. The van der Waals surface area contributed by atoms with E-state index in [9.17, 15) is 4.79 Å². The normalized spacial score (nSPS) is 16.1. The minimum absolute atomic E-state index is 0.0605. The molecule has 5 nitrogen and oxygen atoms in total. The van der Waals surface area contributed by atoms with Crippen LogP contribution in [0.4, 0.5) is 5.82 Å². The Hall–Kier alpha value is -1.87. The Morgan fingerprint density at radius 3 is 2.76 bits per heavy atom. The lowest BCUT2D eigenvalue weighted by atomic mass is 9.95. The van der Waals surface area contributed by atoms with Gasteiger partial charge in [0.05, 0.1) is 0 Å². The molecule has 0 spiro atoms. The van der Waals surface area contributed by atoms with Crippen LogP contribution >= 0.6 is 15.9 Å². The Bertz CT molecular complexity index is 556. The molecule has 1 aliphatic rings. The van der Waals surface area contributed by atoms with Crippen molar-refractivity contribution in [1.29, 1.82) is 5.26 Å². The first-order valence-electron chi connectivity index (χ1n) is 6.98. The SMILES string of the molecule is N#C/C(=C/Nc1ccc(Br)cn1)C(=O)NC1CCCCC1. The highest BCUT2D eigenvalue weighted by molar-refractivity contribution is 9.10. The molecule has 0 atom stereocenters. The number of anilines is 1. The van der Waals surface area contributed by atoms with E-state index in [4.69, 9.17) is 5.26 Å². The Balaban J connectivity index is 1.94. The van der Waals surface area contributed by atoms with Crippen molar-refractivity contribution < 1.29 is 4.79 Å². The summed E-state index contributed by atoms with van der Waals surface area (Å²) in [5.74, 6) is 0.255. The summed E-state index contributed by atoms with van der Waals surface area (Å²) in [5.41, 5.74) is 0.0605. The van der Waals surface area contributed by atoms with Gasteiger partial charge in [-0.15, -0.1) is 0 Å². The summed E-state index contributed by atoms with van der Waals surface area (Å²) in [6, 6.07) is 5.70. The smallest absolute Gasteiger partial charge is 0.263 e. The van der Waals surface area contributed by atoms with Crippen LogP contribution in [0, 0.1) is 11.3 Å². The summed E-state index contributed by atoms with van der Waals surface area (Å²) in [4.78, 5) is 16.2. The molecule has 0 aliphatic heterocycles. The number of hydrogen-bond acceptors (Lipinski definition) is 4. The minimum atomic E-state index is -0.325. The molecule has 1 aromatic rings. The number of nitriles is 1. The molecule has 21 heavy (non-hydrogen) atoms. The molecule has 0 bridgehead atoms. The second-order valence-electron chi connectivity index (χ2n) is 4.98. The van der Waals surface area contributed by atoms with Crippen LogP contribution in [-0.4, -0.2) is 16.9 Å². The second kappa shape index (κ2) is 7.79. The van der Waals surface area contributed by atoms with Crippen LogP contribution in [0.3, 0.4) is 0 Å². The van der Waals surface area contributed by atoms with E-state index < -0.39 is 0 Å². The molecule has 0 radical (unpaired) electrons. The van der Waals surface area contributed by atoms with E-state index in [-0.39, 0.29) is 17.5 Å². The molecule has 2 rings (SSSR count). The molecular weight excluding hydrogens is 332 g/mol. The second-order valence-corrected chi connectivity index (χ2v) is 5.90. The van der Waals surface area contributed by atoms with Crippen LogP contribution < -0.4 is 10.6 Å². The number of halogens is 1. The van der Waals surface area contributed by atoms with Crippen molar-refractivity contribution in [2.75, 3.05) is 5.32 Å². The zero-order valence-corrected chi connectivity index (χ0v) is 13.2. The van der Waals surface area contributed by atoms with Crippen molar-refractivity contribution in [2.45, 2.75) is 38.1 Å². The van der Waals surface area contributed by atoms with Crippen molar-refractivity contribution in [3.63, 3.8) is 0 Å². The first-order valence-corrected chi connectivity index (χ1v) is 7.77. The molecular formula is C15H17BrN4O. The molecule has 1 fully saturated rings. The Morgan fingerprint density at radius 2 is 2.14 bits per heavy atom. The van der Waals surface area contributed by atoms with Gasteiger partial charge >= 0.3 is 0 Å². The van der Waals surface area contributed by atoms with E-state index in [1.807, 2.05) is 12.1 Å². The summed E-state index contributed by atoms with van der Waals surface area (Å²) in [5, 5.41) is 14.9. The number of carbonyl (C=O) groups excluding carboxylic acids is 1. The molecule has 0 aromatic carbocycles. The lowest BCUT2D eigenvalue weighted by molar-refractivity contribution is -0.118. The van der Waals surface area contributed by atoms with Crippen molar-refractivity contribution in [1.82, 2.24) is 10.3 Å². The van der Waals surface area contributed by atoms with E-state index in [0.717, 1.165) is 30.2 Å². The predicted octanol–water partition coefficient (Wildman–Crippen LogP) is 3.11. The third-order valence-electron chi connectivity index (χ3n) is 3.40. The maximum atomic E-state index is 12.0. The summed E-state index contributed by atoms with van der Waals surface area (Å²) in [6.07, 6.45) is 8.52. The number of pyridine rings is 1. The molecule has 1 amide bonds. The van der Waals surface area contributed by atoms with Gasteiger partial charge in [-0.1, -0.05) is 19.3 Å². The van der Waals surface area contributed by atoms with Gasteiger partial charge in [-0.05, 0) is 40.9 Å². The zero-order chi connectivity index (χ0) is 15.1. The summed E-state index contributed by atoms with van der Waals surface area (Å²) >= 11 is 3.30. The van der Waals surface area contributed by atoms with Gasteiger partial charge in [0.15, 0.2) is 0 Å². The fraction of sp³-hybridized carbons (Fsp3) is 0.400. The predicted molar refractivity (Wildman–Crippen MR) is 84.3 cm³/mol. The molecule has 2 N–H and O–H groups in total. The van der Waals surface area contributed by atoms with E-state index in [0.29, 0.717) is 5.82 Å². The monoisotopic (exact) mass is 348 g/mol. The maximum Gasteiger partial charge on any atom is 0.263 e. The topological polar surface area (TPSA) is 77.8 Å². The third kappa shape index (κ3) is 4.87. The summed E-state index contributed by atoms with van der Waals surface area (Å²) in [6.45, 7) is 0. The van der Waals surface area contributed by atoms with Crippen molar-refractivity contribution in [3.05, 3.63) is 34.6 Å². The lowest BCUT2D eigenvalue weighted by Crippen LogP contribution is -2.37. The first kappa shape index (κ1) is 15.5. The van der Waals surface area contributed by atoms with E-state index in [1.54, 1.807) is 12.3 Å². The van der Waals surface area contributed by atoms with E-state index >= 15 is 0 Å². The highest BCUT2D eigenvalue weighted by atomic mass is 79.9. The zero-order valence-electron chi connectivity index (χ0n) is 11.6. The van der Waals surface area contributed by atoms with Crippen LogP contribution in [0.25, 0.3) is 0 Å². The quantitative estimate of drug-likeness (QED) is 0.647. The Kier molecular flexibility index (Phi) is 5.76. The van der Waals surface area contributed by atoms with Crippen molar-refractivity contribution in [2.24, 2.45) is 0 Å². The van der Waals surface area contributed by atoms with Crippen LogP contribution in [0.15, 0.2) is 34.6 Å². The number of carbonyl (C=O) groups is 1. The van der Waals surface area contributed by atoms with Crippen molar-refractivity contribution in [3.8, 4) is 6.07 Å². The van der Waals surface area contributed by atoms with Crippen LogP contribution in [0.1, 0.15) is 32.1 Å². The van der Waals surface area contributed by atoms with Gasteiger partial charge in [-0.25, -0.2) is 4.98 Å². The van der Waals surface area contributed by atoms with E-state index in [2.05, 4.69) is 31.5 Å². The van der Waals surface area contributed by atoms with Gasteiger partial charge < -0.3 is 10.6 Å². The molecule has 0 unspecified atom stereocenters. The molecule has 0 saturated heterocycles. The molecule has 1 aliphatic carbocycles. The molecule has 110 valence electrons. The van der Waals surface area contributed by atoms with Gasteiger partial charge in [-0.2, -0.15) is 5.26 Å². The highest BCUT2D eigenvalue weighted by Crippen LogP contribution is 2.17. The minimum Gasteiger partial charge on any atom is -0.349 e. The Labute approximate surface area is 132 Å². The van der Waals surface area contributed by atoms with Gasteiger partial charge in [0, 0.05) is 22.9 Å². The average molecular weight is 349 g/mol. The van der Waals surface area contributed by atoms with Crippen LogP contribution in [0.2, 0.25) is 0 Å². The van der Waals surface area contributed by atoms with Crippen LogP contribution in [0.5, 0.6) is 0 Å². The number of rotatable bonds is 4. The number of aromatic nitrogens is 1. The van der Waals surface area contributed by atoms with Crippen LogP contribution in [-0.2, 0) is 4.79 Å². The highest BCUT2D eigenvalue weighted by Gasteiger charge is 2.17. The number of nitrogens with one attached hydrogen (secondary N) is 2. The summed E-state index contributed by atoms with van der Waals surface area (Å²) < 4.78 is 0.868. The van der Waals surface area contributed by atoms with Gasteiger partial charge in [-0.3, -0.25) is 4.79 Å². The molecule has 1 aromatic heterocycles. The average Bonchev–Trinajstić information content (AvgIpc) is 2.51. The molecule has 1 heterocycles. The standard InChI is InChI=1S/C15H17BrN4O/c16-12-6-7-14(19-10-12)18-9-11(8-17)15(21)20-13-4-2-1-3-5-13/h6-7,9-10,13H,1-5H2,(H,18,19)(H,20,21)/b11-9-. The maximum absolute atomic E-state index is 12.0. The van der Waals surface area contributed by atoms with Gasteiger partial charge in [0.25, 0.3) is 5.91 Å². The summed E-state index contributed by atoms with van der Waals surface area (Å²) in [7, 11) is 0. The first-order chi connectivity index (χ1) is 10.2.